The van der Waals surface area contributed by atoms with Gasteiger partial charge < -0.3 is 5.11 Å². The fourth-order valence-electron chi connectivity index (χ4n) is 2.86. The van der Waals surface area contributed by atoms with Gasteiger partial charge in [-0.3, -0.25) is 4.90 Å². The summed E-state index contributed by atoms with van der Waals surface area (Å²) >= 11 is 0. The molecule has 1 aromatic rings. The molecule has 0 amide bonds. The predicted molar refractivity (Wildman–Crippen MR) is 71.2 cm³/mol. The summed E-state index contributed by atoms with van der Waals surface area (Å²) < 4.78 is 51.5. The Kier molecular flexibility index (Phi) is 4.88. The number of piperidine rings is 1. The summed E-state index contributed by atoms with van der Waals surface area (Å²) in [6.07, 6.45) is -3.38. The normalized spacial score (nSPS) is 24.3. The first-order valence-electron chi connectivity index (χ1n) is 7.11. The fraction of sp³-hybridized carbons (Fsp3) is 0.600. The van der Waals surface area contributed by atoms with E-state index in [1.54, 1.807) is 0 Å². The van der Waals surface area contributed by atoms with Crippen LogP contribution in [0.3, 0.4) is 0 Å². The summed E-state index contributed by atoms with van der Waals surface area (Å²) in [5.74, 6) is -1.43. The molecule has 2 unspecified atom stereocenters. The molecule has 2 rings (SSSR count). The van der Waals surface area contributed by atoms with Crippen LogP contribution in [0.15, 0.2) is 18.2 Å². The first-order valence-corrected chi connectivity index (χ1v) is 7.11. The van der Waals surface area contributed by atoms with Gasteiger partial charge in [-0.05, 0) is 42.9 Å². The SMILES string of the molecule is CCCN1CCC(c2ccc(F)c(C(F)(F)F)c2)CC1O. The molecule has 0 spiro atoms. The fourth-order valence-corrected chi connectivity index (χ4v) is 2.86. The molecule has 1 N–H and O–H groups in total. The van der Waals surface area contributed by atoms with E-state index in [-0.39, 0.29) is 5.92 Å². The van der Waals surface area contributed by atoms with Crippen molar-refractivity contribution in [2.24, 2.45) is 0 Å². The quantitative estimate of drug-likeness (QED) is 0.860. The van der Waals surface area contributed by atoms with E-state index in [1.807, 2.05) is 11.8 Å². The highest BCUT2D eigenvalue weighted by atomic mass is 19.4. The molecular weight excluding hydrogens is 286 g/mol. The number of nitrogens with zero attached hydrogens (tertiary/aromatic N) is 1. The predicted octanol–water partition coefficient (Wildman–Crippen LogP) is 3.75. The summed E-state index contributed by atoms with van der Waals surface area (Å²) in [5, 5.41) is 10.0. The third-order valence-electron chi connectivity index (χ3n) is 3.96. The molecule has 0 aromatic heterocycles. The van der Waals surface area contributed by atoms with Gasteiger partial charge in [0.2, 0.25) is 0 Å². The zero-order valence-electron chi connectivity index (χ0n) is 11.8. The number of benzene rings is 1. The minimum atomic E-state index is -4.69. The number of aliphatic hydroxyl groups is 1. The number of alkyl halides is 3. The number of hydrogen-bond donors (Lipinski definition) is 1. The Morgan fingerprint density at radius 3 is 2.62 bits per heavy atom. The van der Waals surface area contributed by atoms with E-state index >= 15 is 0 Å². The van der Waals surface area contributed by atoms with Crippen molar-refractivity contribution in [3.05, 3.63) is 35.1 Å². The zero-order chi connectivity index (χ0) is 15.6. The van der Waals surface area contributed by atoms with Gasteiger partial charge in [-0.15, -0.1) is 0 Å². The molecule has 6 heteroatoms. The Bertz CT molecular complexity index is 489. The van der Waals surface area contributed by atoms with Crippen LogP contribution in [0.1, 0.15) is 43.2 Å². The van der Waals surface area contributed by atoms with Crippen LogP contribution in [0.25, 0.3) is 0 Å². The topological polar surface area (TPSA) is 23.5 Å². The van der Waals surface area contributed by atoms with E-state index in [0.717, 1.165) is 25.1 Å². The van der Waals surface area contributed by atoms with Crippen molar-refractivity contribution in [3.63, 3.8) is 0 Å². The van der Waals surface area contributed by atoms with Crippen molar-refractivity contribution >= 4 is 0 Å². The number of halogens is 4. The summed E-state index contributed by atoms with van der Waals surface area (Å²) in [4.78, 5) is 1.92. The molecule has 2 atom stereocenters. The van der Waals surface area contributed by atoms with Crippen LogP contribution >= 0.6 is 0 Å². The smallest absolute Gasteiger partial charge is 0.378 e. The molecular formula is C15H19F4NO. The largest absolute Gasteiger partial charge is 0.419 e. The molecule has 0 bridgehead atoms. The first-order chi connectivity index (χ1) is 9.82. The number of hydrogen-bond acceptors (Lipinski definition) is 2. The van der Waals surface area contributed by atoms with E-state index < -0.39 is 23.8 Å². The lowest BCUT2D eigenvalue weighted by Crippen LogP contribution is -2.42. The maximum atomic E-state index is 13.3. The summed E-state index contributed by atoms with van der Waals surface area (Å²) in [6, 6.07) is 3.13. The summed E-state index contributed by atoms with van der Waals surface area (Å²) in [6.45, 7) is 3.41. The van der Waals surface area contributed by atoms with Crippen LogP contribution in [0.5, 0.6) is 0 Å². The molecule has 1 aromatic carbocycles. The molecule has 2 nitrogen and oxygen atoms in total. The minimum Gasteiger partial charge on any atom is -0.378 e. The van der Waals surface area contributed by atoms with E-state index in [2.05, 4.69) is 0 Å². The monoisotopic (exact) mass is 305 g/mol. The van der Waals surface area contributed by atoms with Crippen molar-refractivity contribution in [3.8, 4) is 0 Å². The van der Waals surface area contributed by atoms with Crippen molar-refractivity contribution in [2.45, 2.75) is 44.5 Å². The third kappa shape index (κ3) is 3.74. The third-order valence-corrected chi connectivity index (χ3v) is 3.96. The highest BCUT2D eigenvalue weighted by molar-refractivity contribution is 5.30. The van der Waals surface area contributed by atoms with Crippen LogP contribution in [0.4, 0.5) is 17.6 Å². The Balaban J connectivity index is 2.17. The van der Waals surface area contributed by atoms with Gasteiger partial charge in [0.1, 0.15) is 12.0 Å². The molecule has 1 aliphatic heterocycles. The van der Waals surface area contributed by atoms with Gasteiger partial charge in [-0.1, -0.05) is 13.0 Å². The Hall–Kier alpha value is -1.14. The Morgan fingerprint density at radius 1 is 1.33 bits per heavy atom. The number of likely N-dealkylation sites (tertiary alicyclic amines) is 1. The first kappa shape index (κ1) is 16.2. The van der Waals surface area contributed by atoms with Gasteiger partial charge in [0.05, 0.1) is 5.56 Å². The second-order valence-corrected chi connectivity index (χ2v) is 5.47. The molecule has 0 aliphatic carbocycles. The minimum absolute atomic E-state index is 0.171. The van der Waals surface area contributed by atoms with E-state index in [1.165, 1.54) is 6.07 Å². The molecule has 0 radical (unpaired) electrons. The van der Waals surface area contributed by atoms with Gasteiger partial charge >= 0.3 is 6.18 Å². The van der Waals surface area contributed by atoms with Crippen molar-refractivity contribution < 1.29 is 22.7 Å². The van der Waals surface area contributed by atoms with Crippen LogP contribution in [0, 0.1) is 5.82 Å². The standard InChI is InChI=1S/C15H19F4NO/c1-2-6-20-7-5-11(9-14(20)21)10-3-4-13(16)12(8-10)15(17,18)19/h3-4,8,11,14,21H,2,5-7,9H2,1H3. The zero-order valence-corrected chi connectivity index (χ0v) is 11.8. The lowest BCUT2D eigenvalue weighted by atomic mass is 9.87. The molecule has 118 valence electrons. The van der Waals surface area contributed by atoms with Gasteiger partial charge in [-0.25, -0.2) is 4.39 Å². The Morgan fingerprint density at radius 2 is 2.05 bits per heavy atom. The molecule has 0 saturated carbocycles. The van der Waals surface area contributed by atoms with E-state index in [9.17, 15) is 22.7 Å². The van der Waals surface area contributed by atoms with Crippen molar-refractivity contribution in [2.75, 3.05) is 13.1 Å². The molecule has 21 heavy (non-hydrogen) atoms. The highest BCUT2D eigenvalue weighted by Crippen LogP contribution is 2.36. The van der Waals surface area contributed by atoms with E-state index in [4.69, 9.17) is 0 Å². The number of rotatable bonds is 3. The number of aliphatic hydroxyl groups excluding tert-OH is 1. The lowest BCUT2D eigenvalue weighted by Gasteiger charge is -2.36. The molecule has 1 fully saturated rings. The highest BCUT2D eigenvalue weighted by Gasteiger charge is 2.35. The van der Waals surface area contributed by atoms with Gasteiger partial charge in [0.15, 0.2) is 0 Å². The average molecular weight is 305 g/mol. The van der Waals surface area contributed by atoms with Crippen LogP contribution in [-0.4, -0.2) is 29.3 Å². The van der Waals surface area contributed by atoms with Crippen LogP contribution in [0.2, 0.25) is 0 Å². The van der Waals surface area contributed by atoms with E-state index in [0.29, 0.717) is 24.9 Å². The molecule has 1 saturated heterocycles. The maximum Gasteiger partial charge on any atom is 0.419 e. The summed E-state index contributed by atoms with van der Waals surface area (Å²) in [5.41, 5.74) is -0.788. The molecule has 1 heterocycles. The van der Waals surface area contributed by atoms with Gasteiger partial charge in [0, 0.05) is 13.1 Å². The second-order valence-electron chi connectivity index (χ2n) is 5.47. The molecule has 1 aliphatic rings. The van der Waals surface area contributed by atoms with Crippen molar-refractivity contribution in [1.29, 1.82) is 0 Å². The lowest BCUT2D eigenvalue weighted by molar-refractivity contribution is -0.140. The second kappa shape index (κ2) is 6.32. The maximum absolute atomic E-state index is 13.3. The van der Waals surface area contributed by atoms with Crippen LogP contribution in [-0.2, 0) is 6.18 Å². The van der Waals surface area contributed by atoms with Gasteiger partial charge in [0.25, 0.3) is 0 Å². The van der Waals surface area contributed by atoms with Gasteiger partial charge in [-0.2, -0.15) is 13.2 Å². The summed E-state index contributed by atoms with van der Waals surface area (Å²) in [7, 11) is 0. The van der Waals surface area contributed by atoms with Crippen LogP contribution < -0.4 is 0 Å². The van der Waals surface area contributed by atoms with Crippen molar-refractivity contribution in [1.82, 2.24) is 4.90 Å². The average Bonchev–Trinajstić information content (AvgIpc) is 2.40. The Labute approximate surface area is 121 Å².